The lowest BCUT2D eigenvalue weighted by Crippen LogP contribution is -2.54. The van der Waals surface area contributed by atoms with Gasteiger partial charge < -0.3 is 9.64 Å². The maximum Gasteiger partial charge on any atom is 0.257 e. The minimum atomic E-state index is 0.0212. The highest BCUT2D eigenvalue weighted by Crippen LogP contribution is 2.15. The number of carbonyl (C=O) groups is 1. The summed E-state index contributed by atoms with van der Waals surface area (Å²) >= 11 is 0. The lowest BCUT2D eigenvalue weighted by molar-refractivity contribution is -0.0429. The number of aromatic nitrogens is 2. The van der Waals surface area contributed by atoms with Crippen molar-refractivity contribution in [2.24, 2.45) is 0 Å². The van der Waals surface area contributed by atoms with Gasteiger partial charge in [-0.2, -0.15) is 5.10 Å². The van der Waals surface area contributed by atoms with Crippen LogP contribution in [0.1, 0.15) is 22.3 Å². The zero-order valence-corrected chi connectivity index (χ0v) is 11.9. The molecule has 3 rings (SSSR count). The van der Waals surface area contributed by atoms with E-state index in [1.165, 1.54) is 5.56 Å². The minimum absolute atomic E-state index is 0.0212. The molecule has 0 bridgehead atoms. The van der Waals surface area contributed by atoms with Gasteiger partial charge >= 0.3 is 0 Å². The zero-order chi connectivity index (χ0) is 14.5. The number of amides is 1. The van der Waals surface area contributed by atoms with Crippen molar-refractivity contribution in [2.75, 3.05) is 19.7 Å². The Morgan fingerprint density at radius 1 is 1.33 bits per heavy atom. The van der Waals surface area contributed by atoms with Crippen LogP contribution < -0.4 is 0 Å². The van der Waals surface area contributed by atoms with E-state index >= 15 is 0 Å². The van der Waals surface area contributed by atoms with Crippen molar-refractivity contribution in [2.45, 2.75) is 18.9 Å². The van der Waals surface area contributed by atoms with Crippen LogP contribution in [0.3, 0.4) is 0 Å². The zero-order valence-electron chi connectivity index (χ0n) is 11.9. The van der Waals surface area contributed by atoms with Crippen LogP contribution >= 0.6 is 0 Å². The molecule has 1 saturated heterocycles. The van der Waals surface area contributed by atoms with E-state index in [4.69, 9.17) is 4.74 Å². The second-order valence-electron chi connectivity index (χ2n) is 5.28. The Kier molecular flexibility index (Phi) is 4.31. The van der Waals surface area contributed by atoms with Gasteiger partial charge in [0.05, 0.1) is 17.9 Å². The average molecular weight is 285 g/mol. The Balaban J connectivity index is 1.32. The summed E-state index contributed by atoms with van der Waals surface area (Å²) in [6.07, 6.45) is 5.39. The van der Waals surface area contributed by atoms with E-state index in [1.54, 1.807) is 17.3 Å². The third-order valence-corrected chi connectivity index (χ3v) is 3.69. The number of aryl methyl sites for hydroxylation is 1. The third-order valence-electron chi connectivity index (χ3n) is 3.69. The van der Waals surface area contributed by atoms with E-state index in [0.29, 0.717) is 18.7 Å². The number of ether oxygens (including phenoxy) is 1. The quantitative estimate of drug-likeness (QED) is 0.824. The molecular weight excluding hydrogens is 266 g/mol. The number of rotatable bonds is 6. The van der Waals surface area contributed by atoms with Crippen LogP contribution in [0.2, 0.25) is 0 Å². The molecule has 0 unspecified atom stereocenters. The highest BCUT2D eigenvalue weighted by molar-refractivity contribution is 5.94. The van der Waals surface area contributed by atoms with Crippen molar-refractivity contribution in [1.29, 1.82) is 0 Å². The lowest BCUT2D eigenvalue weighted by Gasteiger charge is -2.38. The number of likely N-dealkylation sites (tertiary alicyclic amines) is 1. The molecule has 110 valence electrons. The number of nitrogens with one attached hydrogen (secondary N) is 1. The Morgan fingerprint density at radius 2 is 2.14 bits per heavy atom. The fourth-order valence-electron chi connectivity index (χ4n) is 2.43. The summed E-state index contributed by atoms with van der Waals surface area (Å²) in [5.74, 6) is 0.0212. The van der Waals surface area contributed by atoms with E-state index in [2.05, 4.69) is 34.5 Å². The van der Waals surface area contributed by atoms with Crippen molar-refractivity contribution >= 4 is 5.91 Å². The summed E-state index contributed by atoms with van der Waals surface area (Å²) in [6.45, 7) is 2.10. The predicted molar refractivity (Wildman–Crippen MR) is 79.0 cm³/mol. The smallest absolute Gasteiger partial charge is 0.257 e. The molecule has 0 radical (unpaired) electrons. The Labute approximate surface area is 123 Å². The first-order valence-electron chi connectivity index (χ1n) is 7.26. The van der Waals surface area contributed by atoms with E-state index in [9.17, 15) is 4.79 Å². The van der Waals surface area contributed by atoms with E-state index in [-0.39, 0.29) is 12.0 Å². The van der Waals surface area contributed by atoms with Crippen LogP contribution in [0.4, 0.5) is 0 Å². The first-order valence-corrected chi connectivity index (χ1v) is 7.26. The van der Waals surface area contributed by atoms with Gasteiger partial charge in [0.25, 0.3) is 5.91 Å². The molecule has 5 nitrogen and oxygen atoms in total. The largest absolute Gasteiger partial charge is 0.375 e. The molecule has 1 aliphatic heterocycles. The van der Waals surface area contributed by atoms with Gasteiger partial charge in [-0.25, -0.2) is 0 Å². The summed E-state index contributed by atoms with van der Waals surface area (Å²) in [5, 5.41) is 6.44. The molecule has 0 spiro atoms. The fraction of sp³-hybridized carbons (Fsp3) is 0.375. The Morgan fingerprint density at radius 3 is 2.86 bits per heavy atom. The molecule has 21 heavy (non-hydrogen) atoms. The van der Waals surface area contributed by atoms with Crippen molar-refractivity contribution in [3.8, 4) is 0 Å². The predicted octanol–water partition coefficient (Wildman–Crippen LogP) is 1.88. The van der Waals surface area contributed by atoms with Crippen LogP contribution in [-0.2, 0) is 11.2 Å². The molecule has 1 aliphatic rings. The van der Waals surface area contributed by atoms with Crippen LogP contribution in [0.25, 0.3) is 0 Å². The van der Waals surface area contributed by atoms with Gasteiger partial charge in [0, 0.05) is 25.9 Å². The highest BCUT2D eigenvalue weighted by atomic mass is 16.5. The molecule has 1 amide bonds. The number of nitrogens with zero attached hydrogens (tertiary/aromatic N) is 2. The summed E-state index contributed by atoms with van der Waals surface area (Å²) in [4.78, 5) is 13.7. The van der Waals surface area contributed by atoms with Crippen molar-refractivity contribution in [1.82, 2.24) is 15.1 Å². The third kappa shape index (κ3) is 3.49. The topological polar surface area (TPSA) is 58.2 Å². The minimum Gasteiger partial charge on any atom is -0.375 e. The maximum atomic E-state index is 12.0. The van der Waals surface area contributed by atoms with E-state index in [1.807, 2.05) is 6.07 Å². The van der Waals surface area contributed by atoms with Crippen molar-refractivity contribution in [3.05, 3.63) is 53.9 Å². The number of H-pyrrole nitrogens is 1. The fourth-order valence-corrected chi connectivity index (χ4v) is 2.43. The maximum absolute atomic E-state index is 12.0. The summed E-state index contributed by atoms with van der Waals surface area (Å²) in [5.41, 5.74) is 1.95. The van der Waals surface area contributed by atoms with Gasteiger partial charge in [-0.3, -0.25) is 9.89 Å². The monoisotopic (exact) mass is 285 g/mol. The molecule has 0 atom stereocenters. The van der Waals surface area contributed by atoms with Gasteiger partial charge in [0.15, 0.2) is 0 Å². The first-order chi connectivity index (χ1) is 10.3. The van der Waals surface area contributed by atoms with Gasteiger partial charge in [0.1, 0.15) is 0 Å². The number of hydrogen-bond acceptors (Lipinski definition) is 3. The standard InChI is InChI=1S/C16H19N3O2/c20-16(14-9-17-18-10-14)19-11-15(12-19)21-8-4-7-13-5-2-1-3-6-13/h1-3,5-6,9-10,15H,4,7-8,11-12H2,(H,17,18). The second kappa shape index (κ2) is 6.54. The van der Waals surface area contributed by atoms with Gasteiger partial charge in [-0.1, -0.05) is 30.3 Å². The van der Waals surface area contributed by atoms with Crippen LogP contribution in [0, 0.1) is 0 Å². The van der Waals surface area contributed by atoms with Crippen molar-refractivity contribution in [3.63, 3.8) is 0 Å². The average Bonchev–Trinajstić information content (AvgIpc) is 3.00. The van der Waals surface area contributed by atoms with Gasteiger partial charge in [-0.15, -0.1) is 0 Å². The number of carbonyl (C=O) groups excluding carboxylic acids is 1. The molecular formula is C16H19N3O2. The normalized spacial score (nSPS) is 15.0. The molecule has 0 saturated carbocycles. The van der Waals surface area contributed by atoms with Crippen LogP contribution in [0.5, 0.6) is 0 Å². The van der Waals surface area contributed by atoms with Gasteiger partial charge in [-0.05, 0) is 18.4 Å². The van der Waals surface area contributed by atoms with Gasteiger partial charge in [0.2, 0.25) is 0 Å². The molecule has 1 aromatic heterocycles. The summed E-state index contributed by atoms with van der Waals surface area (Å²) in [7, 11) is 0. The molecule has 0 aliphatic carbocycles. The van der Waals surface area contributed by atoms with Crippen LogP contribution in [-0.4, -0.2) is 46.8 Å². The number of hydrogen-bond donors (Lipinski definition) is 1. The van der Waals surface area contributed by atoms with Crippen LogP contribution in [0.15, 0.2) is 42.7 Å². The summed E-state index contributed by atoms with van der Waals surface area (Å²) < 4.78 is 5.78. The SMILES string of the molecule is O=C(c1cn[nH]c1)N1CC(OCCCc2ccccc2)C1. The molecule has 5 heteroatoms. The Hall–Kier alpha value is -2.14. The molecule has 1 aromatic carbocycles. The molecule has 1 N–H and O–H groups in total. The first kappa shape index (κ1) is 13.8. The summed E-state index contributed by atoms with van der Waals surface area (Å²) in [6, 6.07) is 10.4. The lowest BCUT2D eigenvalue weighted by atomic mass is 10.1. The van der Waals surface area contributed by atoms with Crippen molar-refractivity contribution < 1.29 is 9.53 Å². The molecule has 1 fully saturated rings. The van der Waals surface area contributed by atoms with E-state index in [0.717, 1.165) is 19.4 Å². The highest BCUT2D eigenvalue weighted by Gasteiger charge is 2.31. The molecule has 2 heterocycles. The second-order valence-corrected chi connectivity index (χ2v) is 5.28. The Bertz CT molecular complexity index is 562. The van der Waals surface area contributed by atoms with E-state index < -0.39 is 0 Å². The number of benzene rings is 1. The molecule has 2 aromatic rings. The number of aromatic amines is 1.